The van der Waals surface area contributed by atoms with Crippen molar-refractivity contribution in [1.82, 2.24) is 4.98 Å². The van der Waals surface area contributed by atoms with Crippen LogP contribution in [0.1, 0.15) is 11.1 Å². The Morgan fingerprint density at radius 1 is 1.11 bits per heavy atom. The molecule has 1 aromatic heterocycles. The molecule has 0 amide bonds. The molecule has 1 unspecified atom stereocenters. The fourth-order valence-electron chi connectivity index (χ4n) is 2.55. The van der Waals surface area contributed by atoms with Crippen LogP contribution in [0.25, 0.3) is 0 Å². The van der Waals surface area contributed by atoms with Gasteiger partial charge in [0.1, 0.15) is 5.82 Å². The van der Waals surface area contributed by atoms with Crippen LogP contribution in [0.5, 0.6) is 5.88 Å². The number of pyridine rings is 1. The lowest BCUT2D eigenvalue weighted by Gasteiger charge is -2.14. The molecule has 7 heteroatoms. The number of ether oxygens (including phenoxy) is 1. The summed E-state index contributed by atoms with van der Waals surface area (Å²) in [7, 11) is -0.141. The molecule has 1 atom stereocenters. The highest BCUT2D eigenvalue weighted by molar-refractivity contribution is 7.86. The number of aryl methyl sites for hydroxylation is 1. The summed E-state index contributed by atoms with van der Waals surface area (Å²) in [5.41, 5.74) is 2.91. The summed E-state index contributed by atoms with van der Waals surface area (Å²) in [6.07, 6.45) is 1.51. The van der Waals surface area contributed by atoms with Gasteiger partial charge in [-0.2, -0.15) is 0 Å². The first-order valence-electron chi connectivity index (χ1n) is 8.34. The zero-order valence-corrected chi connectivity index (χ0v) is 15.8. The van der Waals surface area contributed by atoms with Crippen molar-refractivity contribution >= 4 is 22.4 Å². The summed E-state index contributed by atoms with van der Waals surface area (Å²) in [5.74, 6) is 0.00163. The molecule has 27 heavy (non-hydrogen) atoms. The molecule has 0 radical (unpaired) electrons. The summed E-state index contributed by atoms with van der Waals surface area (Å²) in [6.45, 7) is 2.43. The lowest BCUT2D eigenvalue weighted by molar-refractivity contribution is 0.398. The van der Waals surface area contributed by atoms with Crippen LogP contribution in [0.4, 0.5) is 15.8 Å². The van der Waals surface area contributed by atoms with Gasteiger partial charge in [0.2, 0.25) is 5.88 Å². The molecule has 0 saturated heterocycles. The van der Waals surface area contributed by atoms with E-state index in [-0.39, 0.29) is 5.69 Å². The van der Waals surface area contributed by atoms with Crippen molar-refractivity contribution in [3.05, 3.63) is 77.7 Å². The maximum absolute atomic E-state index is 14.4. The molecule has 3 aromatic rings. The van der Waals surface area contributed by atoms with Crippen molar-refractivity contribution < 1.29 is 13.3 Å². The van der Waals surface area contributed by atoms with E-state index in [1.807, 2.05) is 31.2 Å². The third-order valence-corrected chi connectivity index (χ3v) is 5.21. The monoisotopic (exact) mass is 385 g/mol. The molecule has 0 aliphatic carbocycles. The van der Waals surface area contributed by atoms with Crippen molar-refractivity contribution in [2.24, 2.45) is 0 Å². The average molecular weight is 385 g/mol. The molecule has 0 aliphatic rings. The number of rotatable bonds is 7. The number of para-hydroxylation sites is 1. The Bertz CT molecular complexity index is 948. The molecule has 5 nitrogen and oxygen atoms in total. The minimum absolute atomic E-state index is 0.216. The lowest BCUT2D eigenvalue weighted by Crippen LogP contribution is -2.11. The molecule has 1 heterocycles. The van der Waals surface area contributed by atoms with Gasteiger partial charge in [0, 0.05) is 12.6 Å². The second-order valence-corrected chi connectivity index (χ2v) is 7.03. The molecule has 0 aliphatic heterocycles. The van der Waals surface area contributed by atoms with Gasteiger partial charge in [-0.25, -0.2) is 13.6 Å². The Kier molecular flexibility index (Phi) is 6.03. The van der Waals surface area contributed by atoms with Gasteiger partial charge in [0.15, 0.2) is 11.0 Å². The molecule has 3 rings (SSSR count). The standard InChI is InChI=1S/C20H20FN3O2S/c1-14-6-3-4-7-15(14)12-23-20-17(21)8-5-9-18(20)27(25)24-16-10-11-19(26-2)22-13-16/h3-11,13,23-24H,12H2,1-2H3. The first-order chi connectivity index (χ1) is 13.1. The van der Waals surface area contributed by atoms with Gasteiger partial charge in [-0.05, 0) is 36.2 Å². The van der Waals surface area contributed by atoms with Crippen molar-refractivity contribution in [3.8, 4) is 5.88 Å². The number of anilines is 2. The first kappa shape index (κ1) is 18.8. The molecule has 2 aromatic carbocycles. The molecule has 0 saturated carbocycles. The first-order valence-corrected chi connectivity index (χ1v) is 9.49. The molecule has 0 bridgehead atoms. The number of halogens is 1. The van der Waals surface area contributed by atoms with Crippen molar-refractivity contribution in [2.75, 3.05) is 17.1 Å². The quantitative estimate of drug-likeness (QED) is 0.637. The van der Waals surface area contributed by atoms with Crippen LogP contribution < -0.4 is 14.8 Å². The van der Waals surface area contributed by atoms with Gasteiger partial charge < -0.3 is 10.1 Å². The van der Waals surface area contributed by atoms with E-state index in [9.17, 15) is 8.60 Å². The minimum Gasteiger partial charge on any atom is -0.481 e. The van der Waals surface area contributed by atoms with Crippen LogP contribution in [-0.2, 0) is 17.5 Å². The Balaban J connectivity index is 1.79. The number of hydrogen-bond acceptors (Lipinski definition) is 4. The van der Waals surface area contributed by atoms with E-state index in [4.69, 9.17) is 4.74 Å². The molecular weight excluding hydrogens is 365 g/mol. The highest BCUT2D eigenvalue weighted by atomic mass is 32.2. The van der Waals surface area contributed by atoms with E-state index >= 15 is 0 Å². The summed E-state index contributed by atoms with van der Waals surface area (Å²) < 4.78 is 35.0. The molecule has 140 valence electrons. The lowest BCUT2D eigenvalue weighted by atomic mass is 10.1. The largest absolute Gasteiger partial charge is 0.481 e. The smallest absolute Gasteiger partial charge is 0.213 e. The summed E-state index contributed by atoms with van der Waals surface area (Å²) in [5, 5.41) is 3.08. The van der Waals surface area contributed by atoms with Crippen LogP contribution in [0.15, 0.2) is 65.7 Å². The number of hydrogen-bond donors (Lipinski definition) is 2. The van der Waals surface area contributed by atoms with Gasteiger partial charge in [0.25, 0.3) is 0 Å². The minimum atomic E-state index is -1.66. The second kappa shape index (κ2) is 8.64. The zero-order valence-electron chi connectivity index (χ0n) is 15.0. The third-order valence-electron chi connectivity index (χ3n) is 4.05. The number of nitrogens with zero attached hydrogens (tertiary/aromatic N) is 1. The van der Waals surface area contributed by atoms with Crippen LogP contribution >= 0.6 is 0 Å². The van der Waals surface area contributed by atoms with Crippen molar-refractivity contribution in [2.45, 2.75) is 18.4 Å². The van der Waals surface area contributed by atoms with E-state index < -0.39 is 16.8 Å². The van der Waals surface area contributed by atoms with Gasteiger partial charge in [-0.3, -0.25) is 4.72 Å². The average Bonchev–Trinajstić information content (AvgIpc) is 2.68. The van der Waals surface area contributed by atoms with Crippen LogP contribution in [0, 0.1) is 12.7 Å². The van der Waals surface area contributed by atoms with E-state index in [1.54, 1.807) is 18.2 Å². The van der Waals surface area contributed by atoms with Crippen LogP contribution in [0.3, 0.4) is 0 Å². The van der Waals surface area contributed by atoms with Crippen molar-refractivity contribution in [3.63, 3.8) is 0 Å². The second-order valence-electron chi connectivity index (χ2n) is 5.85. The highest BCUT2D eigenvalue weighted by Gasteiger charge is 2.15. The molecular formula is C20H20FN3O2S. The fraction of sp³-hybridized carbons (Fsp3) is 0.150. The number of nitrogens with one attached hydrogen (secondary N) is 2. The van der Waals surface area contributed by atoms with Gasteiger partial charge in [-0.1, -0.05) is 30.3 Å². The predicted molar refractivity (Wildman–Crippen MR) is 106 cm³/mol. The van der Waals surface area contributed by atoms with Gasteiger partial charge in [-0.15, -0.1) is 0 Å². The maximum atomic E-state index is 14.4. The van der Waals surface area contributed by atoms with Crippen LogP contribution in [-0.4, -0.2) is 16.3 Å². The Morgan fingerprint density at radius 3 is 2.63 bits per heavy atom. The van der Waals surface area contributed by atoms with Crippen LogP contribution in [0.2, 0.25) is 0 Å². The fourth-order valence-corrected chi connectivity index (χ4v) is 3.55. The van der Waals surface area contributed by atoms with E-state index in [0.717, 1.165) is 11.1 Å². The third kappa shape index (κ3) is 4.62. The normalized spacial score (nSPS) is 11.7. The SMILES string of the molecule is COc1ccc(NS(=O)c2cccc(F)c2NCc2ccccc2C)cn1. The topological polar surface area (TPSA) is 63.2 Å². The summed E-state index contributed by atoms with van der Waals surface area (Å²) in [6, 6.07) is 15.7. The number of methoxy groups -OCH3 is 1. The Hall–Kier alpha value is -2.93. The highest BCUT2D eigenvalue weighted by Crippen LogP contribution is 2.25. The van der Waals surface area contributed by atoms with Crippen molar-refractivity contribution in [1.29, 1.82) is 0 Å². The Morgan fingerprint density at radius 2 is 1.93 bits per heavy atom. The summed E-state index contributed by atoms with van der Waals surface area (Å²) in [4.78, 5) is 4.39. The van der Waals surface area contributed by atoms with Gasteiger partial charge >= 0.3 is 0 Å². The number of aromatic nitrogens is 1. The zero-order chi connectivity index (χ0) is 19.2. The Labute approximate surface area is 160 Å². The van der Waals surface area contributed by atoms with E-state index in [0.29, 0.717) is 23.0 Å². The maximum Gasteiger partial charge on any atom is 0.213 e. The van der Waals surface area contributed by atoms with Gasteiger partial charge in [0.05, 0.1) is 29.6 Å². The molecule has 0 fully saturated rings. The van der Waals surface area contributed by atoms with E-state index in [2.05, 4.69) is 15.0 Å². The summed E-state index contributed by atoms with van der Waals surface area (Å²) >= 11 is 0. The molecule has 0 spiro atoms. The number of benzene rings is 2. The molecule has 2 N–H and O–H groups in total. The van der Waals surface area contributed by atoms with E-state index in [1.165, 1.54) is 25.4 Å². The predicted octanol–water partition coefficient (Wildman–Crippen LogP) is 4.28.